The monoisotopic (exact) mass is 477 g/mol. The molecule has 0 bridgehead atoms. The van der Waals surface area contributed by atoms with Gasteiger partial charge >= 0.3 is 0 Å². The van der Waals surface area contributed by atoms with Gasteiger partial charge in [0.25, 0.3) is 0 Å². The van der Waals surface area contributed by atoms with Gasteiger partial charge in [-0.2, -0.15) is 9.29 Å². The van der Waals surface area contributed by atoms with Crippen LogP contribution in [0.1, 0.15) is 31.6 Å². The summed E-state index contributed by atoms with van der Waals surface area (Å²) < 4.78 is 44.7. The first-order valence-corrected chi connectivity index (χ1v) is 12.1. The molecule has 0 N–H and O–H groups in total. The molecule has 4 rings (SSSR count). The second-order valence-electron chi connectivity index (χ2n) is 7.52. The van der Waals surface area contributed by atoms with Crippen molar-refractivity contribution in [3.05, 3.63) is 53.4 Å². The van der Waals surface area contributed by atoms with E-state index >= 15 is 0 Å². The maximum Gasteiger partial charge on any atom is 0.247 e. The lowest BCUT2D eigenvalue weighted by Crippen LogP contribution is -2.38. The lowest BCUT2D eigenvalue weighted by Gasteiger charge is -2.27. The van der Waals surface area contributed by atoms with E-state index in [4.69, 9.17) is 25.6 Å². The zero-order valence-electron chi connectivity index (χ0n) is 17.8. The molecule has 0 unspecified atom stereocenters. The number of aromatic nitrogens is 2. The molecule has 1 aromatic heterocycles. The van der Waals surface area contributed by atoms with Crippen LogP contribution in [0.4, 0.5) is 0 Å². The highest BCUT2D eigenvalue weighted by atomic mass is 35.5. The Kier molecular flexibility index (Phi) is 6.68. The smallest absolute Gasteiger partial charge is 0.247 e. The number of rotatable bonds is 8. The molecule has 1 saturated carbocycles. The third-order valence-electron chi connectivity index (χ3n) is 5.55. The van der Waals surface area contributed by atoms with E-state index in [0.29, 0.717) is 16.6 Å². The first-order chi connectivity index (χ1) is 15.4. The highest BCUT2D eigenvalue weighted by Gasteiger charge is 2.36. The molecule has 1 aliphatic rings. The van der Waals surface area contributed by atoms with Gasteiger partial charge in [0.2, 0.25) is 21.7 Å². The van der Waals surface area contributed by atoms with Gasteiger partial charge in [-0.3, -0.25) is 0 Å². The molecular weight excluding hydrogens is 454 g/mol. The van der Waals surface area contributed by atoms with Crippen LogP contribution in [0, 0.1) is 0 Å². The third kappa shape index (κ3) is 4.60. The molecule has 10 heteroatoms. The average Bonchev–Trinajstić information content (AvgIpc) is 3.50. The first kappa shape index (κ1) is 22.6. The standard InChI is InChI=1S/C22H24ClN3O5S/c1-29-18-10-7-15(8-11-18)22-24-21(31-25-22)14-26(17-5-3-4-6-17)32(27,28)20-13-16(23)9-12-19(20)30-2/h7-13,17H,3-6,14H2,1-2H3. The van der Waals surface area contributed by atoms with Gasteiger partial charge in [0, 0.05) is 16.6 Å². The van der Waals surface area contributed by atoms with Gasteiger partial charge in [0.05, 0.1) is 20.8 Å². The maximum absolute atomic E-state index is 13.7. The first-order valence-electron chi connectivity index (χ1n) is 10.2. The fraction of sp³-hybridized carbons (Fsp3) is 0.364. The van der Waals surface area contributed by atoms with Crippen LogP contribution in [0.3, 0.4) is 0 Å². The van der Waals surface area contributed by atoms with E-state index < -0.39 is 10.0 Å². The van der Waals surface area contributed by atoms with Gasteiger partial charge in [-0.05, 0) is 55.3 Å². The van der Waals surface area contributed by atoms with Crippen molar-refractivity contribution in [3.63, 3.8) is 0 Å². The van der Waals surface area contributed by atoms with E-state index in [1.54, 1.807) is 31.4 Å². The van der Waals surface area contributed by atoms with Crippen LogP contribution in [-0.2, 0) is 16.6 Å². The molecule has 0 saturated heterocycles. The zero-order chi connectivity index (χ0) is 22.7. The van der Waals surface area contributed by atoms with Crippen molar-refractivity contribution in [1.29, 1.82) is 0 Å². The van der Waals surface area contributed by atoms with Gasteiger partial charge in [-0.25, -0.2) is 8.42 Å². The van der Waals surface area contributed by atoms with Crippen LogP contribution >= 0.6 is 11.6 Å². The number of halogens is 1. The maximum atomic E-state index is 13.7. The van der Waals surface area contributed by atoms with E-state index in [1.807, 2.05) is 12.1 Å². The minimum absolute atomic E-state index is 0.0225. The largest absolute Gasteiger partial charge is 0.497 e. The minimum atomic E-state index is -3.93. The van der Waals surface area contributed by atoms with Crippen LogP contribution in [0.25, 0.3) is 11.4 Å². The molecule has 0 spiro atoms. The Morgan fingerprint density at radius 3 is 2.47 bits per heavy atom. The van der Waals surface area contributed by atoms with Crippen LogP contribution in [0.2, 0.25) is 5.02 Å². The lowest BCUT2D eigenvalue weighted by atomic mass is 10.2. The quantitative estimate of drug-likeness (QED) is 0.470. The van der Waals surface area contributed by atoms with Gasteiger partial charge in [0.15, 0.2) is 0 Å². The minimum Gasteiger partial charge on any atom is -0.497 e. The van der Waals surface area contributed by atoms with Crippen molar-refractivity contribution < 1.29 is 22.4 Å². The molecule has 3 aromatic rings. The number of nitrogens with zero attached hydrogens (tertiary/aromatic N) is 3. The molecule has 0 atom stereocenters. The molecular formula is C22H24ClN3O5S. The van der Waals surface area contributed by atoms with Crippen LogP contribution in [0.5, 0.6) is 11.5 Å². The molecule has 32 heavy (non-hydrogen) atoms. The predicted octanol–water partition coefficient (Wildman–Crippen LogP) is 4.54. The highest BCUT2D eigenvalue weighted by molar-refractivity contribution is 7.89. The number of hydrogen-bond donors (Lipinski definition) is 0. The second kappa shape index (κ2) is 9.48. The van der Waals surface area contributed by atoms with Gasteiger partial charge in [-0.15, -0.1) is 0 Å². The number of ether oxygens (including phenoxy) is 2. The summed E-state index contributed by atoms with van der Waals surface area (Å²) >= 11 is 6.11. The van der Waals surface area contributed by atoms with E-state index in [0.717, 1.165) is 31.2 Å². The van der Waals surface area contributed by atoms with Gasteiger partial charge < -0.3 is 14.0 Å². The van der Waals surface area contributed by atoms with Gasteiger partial charge in [0.1, 0.15) is 16.4 Å². The fourth-order valence-electron chi connectivity index (χ4n) is 3.89. The summed E-state index contributed by atoms with van der Waals surface area (Å²) in [7, 11) is -0.909. The van der Waals surface area contributed by atoms with Crippen molar-refractivity contribution in [2.45, 2.75) is 43.2 Å². The van der Waals surface area contributed by atoms with Crippen molar-refractivity contribution in [2.24, 2.45) is 0 Å². The Morgan fingerprint density at radius 2 is 1.81 bits per heavy atom. The second-order valence-corrected chi connectivity index (χ2v) is 9.82. The lowest BCUT2D eigenvalue weighted by molar-refractivity contribution is 0.267. The van der Waals surface area contributed by atoms with Crippen LogP contribution in [-0.4, -0.2) is 43.1 Å². The van der Waals surface area contributed by atoms with Crippen molar-refractivity contribution in [1.82, 2.24) is 14.4 Å². The summed E-state index contributed by atoms with van der Waals surface area (Å²) in [5.41, 5.74) is 0.743. The average molecular weight is 478 g/mol. The van der Waals surface area contributed by atoms with Crippen molar-refractivity contribution in [3.8, 4) is 22.9 Å². The van der Waals surface area contributed by atoms with E-state index in [2.05, 4.69) is 10.1 Å². The summed E-state index contributed by atoms with van der Waals surface area (Å²) in [6, 6.07) is 11.6. The molecule has 8 nitrogen and oxygen atoms in total. The zero-order valence-corrected chi connectivity index (χ0v) is 19.4. The Bertz CT molecular complexity index is 1170. The normalized spacial score (nSPS) is 14.8. The van der Waals surface area contributed by atoms with Crippen LogP contribution < -0.4 is 9.47 Å². The van der Waals surface area contributed by atoms with E-state index in [9.17, 15) is 8.42 Å². The third-order valence-corrected chi connectivity index (χ3v) is 7.71. The Hall–Kier alpha value is -2.62. The number of sulfonamides is 1. The predicted molar refractivity (Wildman–Crippen MR) is 119 cm³/mol. The van der Waals surface area contributed by atoms with Gasteiger partial charge in [-0.1, -0.05) is 29.6 Å². The number of benzene rings is 2. The summed E-state index contributed by atoms with van der Waals surface area (Å²) in [5, 5.41) is 4.35. The molecule has 170 valence electrons. The topological polar surface area (TPSA) is 94.8 Å². The Morgan fingerprint density at radius 1 is 1.09 bits per heavy atom. The molecule has 2 aromatic carbocycles. The molecule has 0 aliphatic heterocycles. The molecule has 1 aliphatic carbocycles. The number of methoxy groups -OCH3 is 2. The highest BCUT2D eigenvalue weighted by Crippen LogP contribution is 2.35. The summed E-state index contributed by atoms with van der Waals surface area (Å²) in [6.07, 6.45) is 3.46. The number of hydrogen-bond acceptors (Lipinski definition) is 7. The molecule has 1 heterocycles. The summed E-state index contributed by atoms with van der Waals surface area (Å²) in [4.78, 5) is 4.45. The SMILES string of the molecule is COc1ccc(-c2noc(CN(C3CCCC3)S(=O)(=O)c3cc(Cl)ccc3OC)n2)cc1. The molecule has 0 radical (unpaired) electrons. The van der Waals surface area contributed by atoms with Crippen molar-refractivity contribution in [2.75, 3.05) is 14.2 Å². The van der Waals surface area contributed by atoms with Crippen molar-refractivity contribution >= 4 is 21.6 Å². The summed E-state index contributed by atoms with van der Waals surface area (Å²) in [5.74, 6) is 1.55. The Balaban J connectivity index is 1.66. The van der Waals surface area contributed by atoms with Crippen LogP contribution in [0.15, 0.2) is 51.9 Å². The fourth-order valence-corrected chi connectivity index (χ4v) is 5.95. The Labute approximate surface area is 192 Å². The van der Waals surface area contributed by atoms with E-state index in [-0.39, 0.29) is 29.1 Å². The summed E-state index contributed by atoms with van der Waals surface area (Å²) in [6.45, 7) is -0.0359. The molecule has 0 amide bonds. The molecule has 1 fully saturated rings. The van der Waals surface area contributed by atoms with E-state index in [1.165, 1.54) is 17.5 Å².